The van der Waals surface area contributed by atoms with Crippen LogP contribution in [0.1, 0.15) is 20.3 Å². The van der Waals surface area contributed by atoms with Gasteiger partial charge in [0.15, 0.2) is 0 Å². The third-order valence-corrected chi connectivity index (χ3v) is 1.74. The number of rotatable bonds is 6. The van der Waals surface area contributed by atoms with Crippen molar-refractivity contribution >= 4 is 11.6 Å². The smallest absolute Gasteiger partial charge is 0.131 e. The topological polar surface area (TPSA) is 70.1 Å². The first kappa shape index (κ1) is 11.7. The van der Waals surface area contributed by atoms with Crippen LogP contribution in [0, 0.1) is 0 Å². The zero-order valence-corrected chi connectivity index (χ0v) is 9.20. The second-order valence-corrected chi connectivity index (χ2v) is 3.59. The highest BCUT2D eigenvalue weighted by Gasteiger charge is 1.99. The van der Waals surface area contributed by atoms with Gasteiger partial charge in [-0.05, 0) is 20.3 Å². The molecule has 0 saturated carbocycles. The number of aliphatic hydroxyl groups excluding tert-OH is 1. The van der Waals surface area contributed by atoms with Gasteiger partial charge in [-0.1, -0.05) is 0 Å². The van der Waals surface area contributed by atoms with Crippen LogP contribution in [0.5, 0.6) is 0 Å². The number of nitrogens with one attached hydrogen (secondary N) is 2. The average Bonchev–Trinajstić information content (AvgIpc) is 2.18. The summed E-state index contributed by atoms with van der Waals surface area (Å²) in [4.78, 5) is 8.17. The molecule has 84 valence electrons. The molecule has 1 heterocycles. The maximum Gasteiger partial charge on any atom is 0.131 e. The van der Waals surface area contributed by atoms with E-state index in [1.54, 1.807) is 0 Å². The molecule has 5 heteroatoms. The fourth-order valence-corrected chi connectivity index (χ4v) is 1.12. The predicted octanol–water partition coefficient (Wildman–Crippen LogP) is 1.09. The minimum atomic E-state index is 0.190. The highest BCUT2D eigenvalue weighted by Crippen LogP contribution is 2.09. The molecule has 0 unspecified atom stereocenters. The van der Waals surface area contributed by atoms with Gasteiger partial charge >= 0.3 is 0 Å². The molecule has 0 spiro atoms. The van der Waals surface area contributed by atoms with Crippen molar-refractivity contribution in [3.8, 4) is 0 Å². The van der Waals surface area contributed by atoms with Gasteiger partial charge in [-0.3, -0.25) is 0 Å². The summed E-state index contributed by atoms with van der Waals surface area (Å²) in [5.74, 6) is 1.59. The fraction of sp³-hybridized carbons (Fsp3) is 0.600. The van der Waals surface area contributed by atoms with Crippen molar-refractivity contribution in [3.63, 3.8) is 0 Å². The number of nitrogens with zero attached hydrogens (tertiary/aromatic N) is 2. The van der Waals surface area contributed by atoms with Crippen LogP contribution in [-0.2, 0) is 0 Å². The Morgan fingerprint density at radius 1 is 1.33 bits per heavy atom. The lowest BCUT2D eigenvalue weighted by Crippen LogP contribution is -2.12. The van der Waals surface area contributed by atoms with Gasteiger partial charge in [0.1, 0.15) is 18.0 Å². The van der Waals surface area contributed by atoms with Crippen molar-refractivity contribution < 1.29 is 5.11 Å². The summed E-state index contributed by atoms with van der Waals surface area (Å²) in [6, 6.07) is 2.21. The van der Waals surface area contributed by atoms with E-state index in [0.29, 0.717) is 12.6 Å². The monoisotopic (exact) mass is 210 g/mol. The average molecular weight is 210 g/mol. The molecule has 1 aromatic rings. The van der Waals surface area contributed by atoms with Crippen LogP contribution >= 0.6 is 0 Å². The molecule has 0 aliphatic carbocycles. The van der Waals surface area contributed by atoms with E-state index in [2.05, 4.69) is 34.4 Å². The number of hydrogen-bond donors (Lipinski definition) is 3. The van der Waals surface area contributed by atoms with Crippen LogP contribution < -0.4 is 10.6 Å². The molecule has 15 heavy (non-hydrogen) atoms. The molecule has 0 aliphatic rings. The molecule has 0 fully saturated rings. The van der Waals surface area contributed by atoms with Crippen molar-refractivity contribution in [2.24, 2.45) is 0 Å². The highest BCUT2D eigenvalue weighted by molar-refractivity contribution is 5.46. The van der Waals surface area contributed by atoms with E-state index >= 15 is 0 Å². The summed E-state index contributed by atoms with van der Waals surface area (Å²) >= 11 is 0. The van der Waals surface area contributed by atoms with E-state index in [0.717, 1.165) is 18.1 Å². The van der Waals surface area contributed by atoms with Crippen molar-refractivity contribution in [2.45, 2.75) is 26.3 Å². The van der Waals surface area contributed by atoms with E-state index in [-0.39, 0.29) is 6.61 Å². The Hall–Kier alpha value is -1.36. The Bertz CT molecular complexity index is 291. The summed E-state index contributed by atoms with van der Waals surface area (Å²) < 4.78 is 0. The minimum Gasteiger partial charge on any atom is -0.396 e. The highest BCUT2D eigenvalue weighted by atomic mass is 16.3. The largest absolute Gasteiger partial charge is 0.396 e. The Morgan fingerprint density at radius 2 is 2.07 bits per heavy atom. The molecular weight excluding hydrogens is 192 g/mol. The summed E-state index contributed by atoms with van der Waals surface area (Å²) in [5, 5.41) is 14.9. The molecule has 0 aromatic carbocycles. The molecule has 0 bridgehead atoms. The first-order valence-electron chi connectivity index (χ1n) is 5.15. The maximum absolute atomic E-state index is 8.63. The Balaban J connectivity index is 2.50. The molecule has 0 atom stereocenters. The van der Waals surface area contributed by atoms with Gasteiger partial charge in [-0.15, -0.1) is 0 Å². The zero-order valence-electron chi connectivity index (χ0n) is 9.20. The van der Waals surface area contributed by atoms with Gasteiger partial charge < -0.3 is 15.7 Å². The second-order valence-electron chi connectivity index (χ2n) is 3.59. The zero-order chi connectivity index (χ0) is 11.1. The second kappa shape index (κ2) is 6.19. The first-order chi connectivity index (χ1) is 7.22. The lowest BCUT2D eigenvalue weighted by molar-refractivity contribution is 0.292. The lowest BCUT2D eigenvalue weighted by atomic mass is 10.4. The molecule has 5 nitrogen and oxygen atoms in total. The third-order valence-electron chi connectivity index (χ3n) is 1.74. The van der Waals surface area contributed by atoms with Crippen LogP contribution in [0.15, 0.2) is 12.4 Å². The molecule has 0 saturated heterocycles. The van der Waals surface area contributed by atoms with Crippen LogP contribution in [0.3, 0.4) is 0 Å². The van der Waals surface area contributed by atoms with E-state index in [9.17, 15) is 0 Å². The Morgan fingerprint density at radius 3 is 2.73 bits per heavy atom. The van der Waals surface area contributed by atoms with Gasteiger partial charge in [0.25, 0.3) is 0 Å². The summed E-state index contributed by atoms with van der Waals surface area (Å²) in [6.07, 6.45) is 2.24. The standard InChI is InChI=1S/C10H18N4O/c1-8(2)14-10-6-9(12-7-13-10)11-4-3-5-15/h6-8,15H,3-5H2,1-2H3,(H2,11,12,13,14). The minimum absolute atomic E-state index is 0.190. The van der Waals surface area contributed by atoms with Gasteiger partial charge in [-0.25, -0.2) is 9.97 Å². The van der Waals surface area contributed by atoms with Crippen LogP contribution in [0.4, 0.5) is 11.6 Å². The molecule has 0 radical (unpaired) electrons. The fourth-order valence-electron chi connectivity index (χ4n) is 1.12. The van der Waals surface area contributed by atoms with Gasteiger partial charge in [0, 0.05) is 25.3 Å². The van der Waals surface area contributed by atoms with Gasteiger partial charge in [0.2, 0.25) is 0 Å². The third kappa shape index (κ3) is 4.60. The van der Waals surface area contributed by atoms with Crippen molar-refractivity contribution in [3.05, 3.63) is 12.4 Å². The molecule has 1 rings (SSSR count). The van der Waals surface area contributed by atoms with E-state index in [4.69, 9.17) is 5.11 Å². The van der Waals surface area contributed by atoms with Crippen LogP contribution in [0.25, 0.3) is 0 Å². The Labute approximate surface area is 90.0 Å². The molecule has 3 N–H and O–H groups in total. The first-order valence-corrected chi connectivity index (χ1v) is 5.15. The van der Waals surface area contributed by atoms with Crippen molar-refractivity contribution in [1.29, 1.82) is 0 Å². The molecule has 0 amide bonds. The number of anilines is 2. The predicted molar refractivity (Wildman–Crippen MR) is 61.0 cm³/mol. The quantitative estimate of drug-likeness (QED) is 0.613. The molecule has 1 aromatic heterocycles. The maximum atomic E-state index is 8.63. The normalized spacial score (nSPS) is 10.4. The van der Waals surface area contributed by atoms with E-state index in [1.165, 1.54) is 6.33 Å². The number of aliphatic hydroxyl groups is 1. The summed E-state index contributed by atoms with van der Waals surface area (Å²) in [5.41, 5.74) is 0. The SMILES string of the molecule is CC(C)Nc1cc(NCCCO)ncn1. The number of aromatic nitrogens is 2. The molecule has 0 aliphatic heterocycles. The van der Waals surface area contributed by atoms with Gasteiger partial charge in [0.05, 0.1) is 0 Å². The number of hydrogen-bond acceptors (Lipinski definition) is 5. The van der Waals surface area contributed by atoms with Gasteiger partial charge in [-0.2, -0.15) is 0 Å². The van der Waals surface area contributed by atoms with Crippen LogP contribution in [-0.4, -0.2) is 34.3 Å². The summed E-state index contributed by atoms with van der Waals surface area (Å²) in [6.45, 7) is 5.02. The van der Waals surface area contributed by atoms with Crippen LogP contribution in [0.2, 0.25) is 0 Å². The van der Waals surface area contributed by atoms with E-state index < -0.39 is 0 Å². The Kier molecular flexibility index (Phi) is 4.83. The van der Waals surface area contributed by atoms with Crippen molar-refractivity contribution in [1.82, 2.24) is 9.97 Å². The summed E-state index contributed by atoms with van der Waals surface area (Å²) in [7, 11) is 0. The molecular formula is C10H18N4O. The van der Waals surface area contributed by atoms with Crippen molar-refractivity contribution in [2.75, 3.05) is 23.8 Å². The lowest BCUT2D eigenvalue weighted by Gasteiger charge is -2.10. The van der Waals surface area contributed by atoms with E-state index in [1.807, 2.05) is 6.07 Å².